The molecule has 0 amide bonds. The Morgan fingerprint density at radius 3 is 2.40 bits per heavy atom. The van der Waals surface area contributed by atoms with Gasteiger partial charge in [0.05, 0.1) is 12.1 Å². The van der Waals surface area contributed by atoms with Crippen LogP contribution >= 0.6 is 0 Å². The van der Waals surface area contributed by atoms with Gasteiger partial charge < -0.3 is 0 Å². The Kier molecular flexibility index (Phi) is 4.91. The first kappa shape index (κ1) is 14.3. The molecule has 3 heteroatoms. The Morgan fingerprint density at radius 2 is 1.75 bits per heavy atom. The molecule has 0 aromatic heterocycles. The van der Waals surface area contributed by atoms with E-state index in [-0.39, 0.29) is 17.6 Å². The number of hydrogen-bond acceptors (Lipinski definition) is 3. The fourth-order valence-corrected chi connectivity index (χ4v) is 3.09. The van der Waals surface area contributed by atoms with Gasteiger partial charge in [-0.25, -0.2) is 0 Å². The molecule has 0 saturated heterocycles. The lowest BCUT2D eigenvalue weighted by Crippen LogP contribution is -2.26. The van der Waals surface area contributed by atoms with E-state index in [9.17, 15) is 15.3 Å². The average molecular weight is 266 g/mol. The molecule has 0 N–H and O–H groups in total. The SMILES string of the molecule is N#CC(C#N)C(c1ccccc1)C1CCCCCC1=O. The second kappa shape index (κ2) is 6.87. The van der Waals surface area contributed by atoms with Crippen molar-refractivity contribution in [1.29, 1.82) is 10.5 Å². The molecule has 2 rings (SSSR count). The van der Waals surface area contributed by atoms with Crippen molar-refractivity contribution < 1.29 is 4.79 Å². The van der Waals surface area contributed by atoms with E-state index in [1.54, 1.807) is 0 Å². The molecule has 3 nitrogen and oxygen atoms in total. The molecule has 1 aliphatic carbocycles. The van der Waals surface area contributed by atoms with Gasteiger partial charge in [-0.1, -0.05) is 43.2 Å². The standard InChI is InChI=1S/C17H18N2O/c18-11-14(12-19)17(13-7-3-1-4-8-13)15-9-5-2-6-10-16(15)20/h1,3-4,7-8,14-15,17H,2,5-6,9-10H2. The van der Waals surface area contributed by atoms with Crippen LogP contribution < -0.4 is 0 Å². The van der Waals surface area contributed by atoms with Crippen LogP contribution in [0.4, 0.5) is 0 Å². The van der Waals surface area contributed by atoms with Crippen molar-refractivity contribution in [3.05, 3.63) is 35.9 Å². The fraction of sp³-hybridized carbons (Fsp3) is 0.471. The second-order valence-electron chi connectivity index (χ2n) is 5.34. The number of nitrogens with zero attached hydrogens (tertiary/aromatic N) is 2. The summed E-state index contributed by atoms with van der Waals surface area (Å²) in [7, 11) is 0. The molecule has 0 heterocycles. The average Bonchev–Trinajstić information content (AvgIpc) is 2.70. The van der Waals surface area contributed by atoms with Gasteiger partial charge in [0.15, 0.2) is 0 Å². The molecular formula is C17H18N2O. The quantitative estimate of drug-likeness (QED) is 0.785. The number of ketones is 1. The third-order valence-electron chi connectivity index (χ3n) is 4.11. The molecule has 2 unspecified atom stereocenters. The lowest BCUT2D eigenvalue weighted by molar-refractivity contribution is -0.123. The summed E-state index contributed by atoms with van der Waals surface area (Å²) < 4.78 is 0. The summed E-state index contributed by atoms with van der Waals surface area (Å²) in [4.78, 5) is 12.3. The van der Waals surface area contributed by atoms with E-state index in [2.05, 4.69) is 12.1 Å². The molecule has 1 saturated carbocycles. The van der Waals surface area contributed by atoms with Crippen LogP contribution in [0.1, 0.15) is 43.6 Å². The topological polar surface area (TPSA) is 64.7 Å². The zero-order valence-corrected chi connectivity index (χ0v) is 11.5. The van der Waals surface area contributed by atoms with Crippen LogP contribution in [-0.4, -0.2) is 5.78 Å². The molecule has 1 aliphatic rings. The predicted octanol–water partition coefficient (Wildman–Crippen LogP) is 3.58. The number of nitriles is 2. The van der Waals surface area contributed by atoms with Crippen LogP contribution in [0.25, 0.3) is 0 Å². The highest BCUT2D eigenvalue weighted by atomic mass is 16.1. The molecular weight excluding hydrogens is 248 g/mol. The number of benzene rings is 1. The number of rotatable bonds is 3. The normalized spacial score (nSPS) is 20.8. The van der Waals surface area contributed by atoms with E-state index in [0.717, 1.165) is 31.2 Å². The van der Waals surface area contributed by atoms with E-state index >= 15 is 0 Å². The first-order chi connectivity index (χ1) is 9.77. The molecule has 0 radical (unpaired) electrons. The highest BCUT2D eigenvalue weighted by Gasteiger charge is 2.35. The Balaban J connectivity index is 2.38. The van der Waals surface area contributed by atoms with Gasteiger partial charge in [0.25, 0.3) is 0 Å². The lowest BCUT2D eigenvalue weighted by Gasteiger charge is -2.26. The first-order valence-corrected chi connectivity index (χ1v) is 7.15. The highest BCUT2D eigenvalue weighted by molar-refractivity contribution is 5.82. The number of carbonyl (C=O) groups is 1. The second-order valence-corrected chi connectivity index (χ2v) is 5.34. The largest absolute Gasteiger partial charge is 0.299 e. The Hall–Kier alpha value is -2.13. The molecule has 1 aromatic rings. The molecule has 0 aliphatic heterocycles. The summed E-state index contributed by atoms with van der Waals surface area (Å²) in [5.41, 5.74) is 0.931. The Labute approximate surface area is 119 Å². The molecule has 20 heavy (non-hydrogen) atoms. The van der Waals surface area contributed by atoms with Gasteiger partial charge in [0.1, 0.15) is 11.7 Å². The van der Waals surface area contributed by atoms with Crippen molar-refractivity contribution >= 4 is 5.78 Å². The molecule has 1 fully saturated rings. The van der Waals surface area contributed by atoms with Crippen LogP contribution in [0.5, 0.6) is 0 Å². The van der Waals surface area contributed by atoms with E-state index < -0.39 is 5.92 Å². The maximum absolute atomic E-state index is 12.3. The predicted molar refractivity (Wildman–Crippen MR) is 75.5 cm³/mol. The molecule has 2 atom stereocenters. The Morgan fingerprint density at radius 1 is 1.05 bits per heavy atom. The van der Waals surface area contributed by atoms with Gasteiger partial charge in [0.2, 0.25) is 0 Å². The summed E-state index contributed by atoms with van der Waals surface area (Å²) in [6.45, 7) is 0. The van der Waals surface area contributed by atoms with Gasteiger partial charge in [-0.2, -0.15) is 10.5 Å². The van der Waals surface area contributed by atoms with Crippen LogP contribution in [0.3, 0.4) is 0 Å². The van der Waals surface area contributed by atoms with Gasteiger partial charge in [0, 0.05) is 18.3 Å². The van der Waals surface area contributed by atoms with Crippen molar-refractivity contribution in [2.75, 3.05) is 0 Å². The summed E-state index contributed by atoms with van der Waals surface area (Å²) in [5.74, 6) is -1.03. The number of hydrogen-bond donors (Lipinski definition) is 0. The van der Waals surface area contributed by atoms with Crippen LogP contribution in [0.2, 0.25) is 0 Å². The van der Waals surface area contributed by atoms with E-state index in [1.807, 2.05) is 30.3 Å². The summed E-state index contributed by atoms with van der Waals surface area (Å²) in [6, 6.07) is 13.7. The maximum Gasteiger partial charge on any atom is 0.140 e. The van der Waals surface area contributed by atoms with Crippen molar-refractivity contribution in [1.82, 2.24) is 0 Å². The fourth-order valence-electron chi connectivity index (χ4n) is 3.09. The zero-order valence-electron chi connectivity index (χ0n) is 11.5. The number of Topliss-reactive ketones (excluding diaryl/α,β-unsaturated/α-hetero) is 1. The third kappa shape index (κ3) is 3.06. The monoisotopic (exact) mass is 266 g/mol. The smallest absolute Gasteiger partial charge is 0.140 e. The maximum atomic E-state index is 12.3. The van der Waals surface area contributed by atoms with E-state index in [0.29, 0.717) is 6.42 Å². The summed E-state index contributed by atoms with van der Waals surface area (Å²) in [5, 5.41) is 18.5. The number of carbonyl (C=O) groups excluding carboxylic acids is 1. The summed E-state index contributed by atoms with van der Waals surface area (Å²) >= 11 is 0. The first-order valence-electron chi connectivity index (χ1n) is 7.15. The molecule has 0 spiro atoms. The third-order valence-corrected chi connectivity index (χ3v) is 4.11. The summed E-state index contributed by atoms with van der Waals surface area (Å²) in [6.07, 6.45) is 4.37. The van der Waals surface area contributed by atoms with Crippen molar-refractivity contribution in [3.8, 4) is 12.1 Å². The van der Waals surface area contributed by atoms with E-state index in [1.165, 1.54) is 0 Å². The van der Waals surface area contributed by atoms with E-state index in [4.69, 9.17) is 0 Å². The van der Waals surface area contributed by atoms with Crippen LogP contribution in [0.15, 0.2) is 30.3 Å². The van der Waals surface area contributed by atoms with Gasteiger partial charge in [-0.05, 0) is 18.4 Å². The van der Waals surface area contributed by atoms with Crippen LogP contribution in [-0.2, 0) is 4.79 Å². The zero-order chi connectivity index (χ0) is 14.4. The highest BCUT2D eigenvalue weighted by Crippen LogP contribution is 2.38. The minimum atomic E-state index is -0.760. The van der Waals surface area contributed by atoms with Crippen molar-refractivity contribution in [2.45, 2.75) is 38.0 Å². The van der Waals surface area contributed by atoms with Crippen molar-refractivity contribution in [3.63, 3.8) is 0 Å². The van der Waals surface area contributed by atoms with Crippen LogP contribution in [0, 0.1) is 34.5 Å². The minimum Gasteiger partial charge on any atom is -0.299 e. The lowest BCUT2D eigenvalue weighted by atomic mass is 9.74. The molecule has 1 aromatic carbocycles. The minimum absolute atomic E-state index is 0.191. The van der Waals surface area contributed by atoms with Crippen molar-refractivity contribution in [2.24, 2.45) is 11.8 Å². The Bertz CT molecular complexity index is 524. The van der Waals surface area contributed by atoms with Gasteiger partial charge >= 0.3 is 0 Å². The van der Waals surface area contributed by atoms with Gasteiger partial charge in [-0.3, -0.25) is 4.79 Å². The molecule has 102 valence electrons. The van der Waals surface area contributed by atoms with Gasteiger partial charge in [-0.15, -0.1) is 0 Å². The molecule has 0 bridgehead atoms.